The van der Waals surface area contributed by atoms with Crippen molar-refractivity contribution in [2.24, 2.45) is 4.99 Å². The Morgan fingerprint density at radius 3 is 2.54 bits per heavy atom. The van der Waals surface area contributed by atoms with Gasteiger partial charge in [-0.15, -0.1) is 24.0 Å². The number of nitrogens with zero attached hydrogens (tertiary/aromatic N) is 1. The predicted octanol–water partition coefficient (Wildman–Crippen LogP) is 3.46. The Bertz CT molecular complexity index is 509. The minimum atomic E-state index is 0. The van der Waals surface area contributed by atoms with Gasteiger partial charge in [0.05, 0.1) is 6.10 Å². The normalized spacial score (nSPS) is 22.9. The summed E-state index contributed by atoms with van der Waals surface area (Å²) in [5.74, 6) is 0.891. The summed E-state index contributed by atoms with van der Waals surface area (Å²) < 4.78 is 5.67. The van der Waals surface area contributed by atoms with Crippen LogP contribution in [0.15, 0.2) is 35.3 Å². The highest BCUT2D eigenvalue weighted by Gasteiger charge is 2.35. The zero-order valence-electron chi connectivity index (χ0n) is 14.6. The van der Waals surface area contributed by atoms with E-state index < -0.39 is 0 Å². The molecule has 1 atom stereocenters. The summed E-state index contributed by atoms with van der Waals surface area (Å²) in [4.78, 5) is 4.37. The summed E-state index contributed by atoms with van der Waals surface area (Å²) >= 11 is 0. The van der Waals surface area contributed by atoms with Crippen molar-refractivity contribution in [1.29, 1.82) is 0 Å². The van der Waals surface area contributed by atoms with E-state index >= 15 is 0 Å². The van der Waals surface area contributed by atoms with Crippen LogP contribution in [0, 0.1) is 0 Å². The summed E-state index contributed by atoms with van der Waals surface area (Å²) in [6.45, 7) is 2.69. The standard InChI is InChI=1S/C19H29N3O.HI/c1-20-18(21-14-17-10-7-13-23-17)22-15-19(11-5-6-12-19)16-8-3-2-4-9-16;/h2-4,8-9,17H,5-7,10-15H2,1H3,(H2,20,21,22);1H. The van der Waals surface area contributed by atoms with Crippen LogP contribution in [0.5, 0.6) is 0 Å². The Kier molecular flexibility index (Phi) is 7.81. The molecule has 0 radical (unpaired) electrons. The first-order valence-electron chi connectivity index (χ1n) is 8.94. The van der Waals surface area contributed by atoms with Crippen LogP contribution in [0.3, 0.4) is 0 Å². The number of halogens is 1. The number of benzene rings is 1. The molecule has 0 amide bonds. The Labute approximate surface area is 162 Å². The summed E-state index contributed by atoms with van der Waals surface area (Å²) in [6, 6.07) is 11.0. The van der Waals surface area contributed by atoms with E-state index in [1.807, 2.05) is 7.05 Å². The number of rotatable bonds is 5. The maximum atomic E-state index is 5.67. The lowest BCUT2D eigenvalue weighted by Crippen LogP contribution is -2.46. The molecule has 0 bridgehead atoms. The third-order valence-corrected chi connectivity index (χ3v) is 5.29. The van der Waals surface area contributed by atoms with E-state index in [0.29, 0.717) is 6.10 Å². The zero-order chi connectivity index (χ0) is 16.0. The molecule has 1 unspecified atom stereocenters. The van der Waals surface area contributed by atoms with Gasteiger partial charge in [0.15, 0.2) is 5.96 Å². The van der Waals surface area contributed by atoms with E-state index in [4.69, 9.17) is 4.74 Å². The number of hydrogen-bond acceptors (Lipinski definition) is 2. The molecule has 1 saturated heterocycles. The Morgan fingerprint density at radius 2 is 1.92 bits per heavy atom. The second kappa shape index (κ2) is 9.61. The van der Waals surface area contributed by atoms with Crippen molar-refractivity contribution in [3.05, 3.63) is 35.9 Å². The molecule has 1 aliphatic heterocycles. The summed E-state index contributed by atoms with van der Waals surface area (Å²) in [5, 5.41) is 6.98. The van der Waals surface area contributed by atoms with Crippen molar-refractivity contribution in [2.75, 3.05) is 26.7 Å². The third kappa shape index (κ3) is 4.85. The SMILES string of the molecule is CN=C(NCC1CCCO1)NCC1(c2ccccc2)CCCC1.I. The van der Waals surface area contributed by atoms with Gasteiger partial charge in [-0.1, -0.05) is 43.2 Å². The molecular weight excluding hydrogens is 413 g/mol. The van der Waals surface area contributed by atoms with E-state index in [1.54, 1.807) is 0 Å². The fraction of sp³-hybridized carbons (Fsp3) is 0.632. The number of guanidine groups is 1. The maximum absolute atomic E-state index is 5.67. The molecule has 2 N–H and O–H groups in total. The Morgan fingerprint density at radius 1 is 1.17 bits per heavy atom. The quantitative estimate of drug-likeness (QED) is 0.416. The second-order valence-electron chi connectivity index (χ2n) is 6.80. The van der Waals surface area contributed by atoms with Crippen molar-refractivity contribution >= 4 is 29.9 Å². The van der Waals surface area contributed by atoms with Gasteiger partial charge in [0.2, 0.25) is 0 Å². The van der Waals surface area contributed by atoms with Crippen LogP contribution in [0.2, 0.25) is 0 Å². The zero-order valence-corrected chi connectivity index (χ0v) is 16.9. The molecule has 24 heavy (non-hydrogen) atoms. The molecule has 1 saturated carbocycles. The highest BCUT2D eigenvalue weighted by Crippen LogP contribution is 2.40. The summed E-state index contributed by atoms with van der Waals surface area (Å²) in [6.07, 6.45) is 7.81. The average Bonchev–Trinajstić information content (AvgIpc) is 3.28. The molecule has 4 nitrogen and oxygen atoms in total. The molecular formula is C19H30IN3O. The Balaban J connectivity index is 0.00000208. The largest absolute Gasteiger partial charge is 0.376 e. The lowest BCUT2D eigenvalue weighted by Gasteiger charge is -2.31. The molecule has 1 heterocycles. The van der Waals surface area contributed by atoms with Crippen LogP contribution >= 0.6 is 24.0 Å². The van der Waals surface area contributed by atoms with E-state index in [9.17, 15) is 0 Å². The Hall–Kier alpha value is -0.820. The molecule has 134 valence electrons. The number of aliphatic imine (C=N–C) groups is 1. The van der Waals surface area contributed by atoms with Gasteiger partial charge in [-0.05, 0) is 31.2 Å². The van der Waals surface area contributed by atoms with Crippen LogP contribution in [-0.2, 0) is 10.2 Å². The van der Waals surface area contributed by atoms with Gasteiger partial charge < -0.3 is 15.4 Å². The van der Waals surface area contributed by atoms with E-state index in [-0.39, 0.29) is 29.4 Å². The molecule has 2 aliphatic rings. The number of nitrogens with one attached hydrogen (secondary N) is 2. The molecule has 5 heteroatoms. The number of ether oxygens (including phenoxy) is 1. The first-order chi connectivity index (χ1) is 11.3. The molecule has 0 spiro atoms. The van der Waals surface area contributed by atoms with Crippen LogP contribution < -0.4 is 10.6 Å². The second-order valence-corrected chi connectivity index (χ2v) is 6.80. The van der Waals surface area contributed by atoms with Crippen LogP contribution in [0.1, 0.15) is 44.1 Å². The lowest BCUT2D eigenvalue weighted by atomic mass is 9.79. The van der Waals surface area contributed by atoms with E-state index in [0.717, 1.165) is 32.1 Å². The molecule has 1 aromatic rings. The van der Waals surface area contributed by atoms with Crippen molar-refractivity contribution in [3.8, 4) is 0 Å². The molecule has 2 fully saturated rings. The molecule has 3 rings (SSSR count). The van der Waals surface area contributed by atoms with E-state index in [2.05, 4.69) is 46.0 Å². The topological polar surface area (TPSA) is 45.7 Å². The maximum Gasteiger partial charge on any atom is 0.191 e. The number of hydrogen-bond donors (Lipinski definition) is 2. The molecule has 0 aromatic heterocycles. The van der Waals surface area contributed by atoms with Crippen LogP contribution in [0.4, 0.5) is 0 Å². The first-order valence-corrected chi connectivity index (χ1v) is 8.94. The van der Waals surface area contributed by atoms with E-state index in [1.165, 1.54) is 37.7 Å². The van der Waals surface area contributed by atoms with Gasteiger partial charge >= 0.3 is 0 Å². The monoisotopic (exact) mass is 443 g/mol. The van der Waals surface area contributed by atoms with Crippen molar-refractivity contribution in [2.45, 2.75) is 50.0 Å². The predicted molar refractivity (Wildman–Crippen MR) is 110 cm³/mol. The minimum absolute atomic E-state index is 0. The highest BCUT2D eigenvalue weighted by molar-refractivity contribution is 14.0. The van der Waals surface area contributed by atoms with Gasteiger partial charge in [0.1, 0.15) is 0 Å². The third-order valence-electron chi connectivity index (χ3n) is 5.29. The molecule has 1 aromatic carbocycles. The van der Waals surface area contributed by atoms with Gasteiger partial charge in [0, 0.05) is 32.2 Å². The fourth-order valence-corrected chi connectivity index (χ4v) is 3.90. The van der Waals surface area contributed by atoms with Crippen LogP contribution in [-0.4, -0.2) is 38.8 Å². The van der Waals surface area contributed by atoms with Crippen molar-refractivity contribution in [3.63, 3.8) is 0 Å². The van der Waals surface area contributed by atoms with Crippen molar-refractivity contribution < 1.29 is 4.74 Å². The summed E-state index contributed by atoms with van der Waals surface area (Å²) in [7, 11) is 1.84. The average molecular weight is 443 g/mol. The van der Waals surface area contributed by atoms with Gasteiger partial charge in [-0.3, -0.25) is 4.99 Å². The first kappa shape index (κ1) is 19.5. The smallest absolute Gasteiger partial charge is 0.191 e. The summed E-state index contributed by atoms with van der Waals surface area (Å²) in [5.41, 5.74) is 1.71. The minimum Gasteiger partial charge on any atom is -0.376 e. The lowest BCUT2D eigenvalue weighted by molar-refractivity contribution is 0.113. The van der Waals surface area contributed by atoms with Gasteiger partial charge in [-0.25, -0.2) is 0 Å². The van der Waals surface area contributed by atoms with Gasteiger partial charge in [-0.2, -0.15) is 0 Å². The highest BCUT2D eigenvalue weighted by atomic mass is 127. The van der Waals surface area contributed by atoms with Crippen LogP contribution in [0.25, 0.3) is 0 Å². The molecule has 1 aliphatic carbocycles. The van der Waals surface area contributed by atoms with Crippen molar-refractivity contribution in [1.82, 2.24) is 10.6 Å². The van der Waals surface area contributed by atoms with Gasteiger partial charge in [0.25, 0.3) is 0 Å². The fourth-order valence-electron chi connectivity index (χ4n) is 3.90.